The van der Waals surface area contributed by atoms with Gasteiger partial charge in [0.15, 0.2) is 0 Å². The van der Waals surface area contributed by atoms with Crippen LogP contribution in [0.3, 0.4) is 0 Å². The van der Waals surface area contributed by atoms with E-state index in [1.807, 2.05) is 0 Å². The molecule has 0 fully saturated rings. The van der Waals surface area contributed by atoms with Gasteiger partial charge >= 0.3 is 0 Å². The van der Waals surface area contributed by atoms with Crippen molar-refractivity contribution in [2.24, 2.45) is 0 Å². The summed E-state index contributed by atoms with van der Waals surface area (Å²) >= 11 is 0. The SMILES string of the molecule is C=C1NC(c2ccccc2C)Nc2cccc(CC)c21. The Morgan fingerprint density at radius 1 is 1.05 bits per heavy atom. The standard InChI is InChI=1S/C18H20N2/c1-4-14-9-7-11-16-17(14)13(3)19-18(20-16)15-10-6-5-8-12(15)2/h5-11,18-20H,3-4H2,1-2H3. The number of nitrogens with one attached hydrogen (secondary N) is 2. The summed E-state index contributed by atoms with van der Waals surface area (Å²) in [7, 11) is 0. The summed E-state index contributed by atoms with van der Waals surface area (Å²) in [4.78, 5) is 0. The van der Waals surface area contributed by atoms with Crippen molar-refractivity contribution in [3.8, 4) is 0 Å². The van der Waals surface area contributed by atoms with E-state index in [1.54, 1.807) is 0 Å². The van der Waals surface area contributed by atoms with E-state index in [1.165, 1.54) is 27.9 Å². The third-order valence-electron chi connectivity index (χ3n) is 3.95. The van der Waals surface area contributed by atoms with Gasteiger partial charge in [0.1, 0.15) is 6.17 Å². The molecule has 3 rings (SSSR count). The minimum Gasteiger partial charge on any atom is -0.362 e. The Morgan fingerprint density at radius 3 is 2.60 bits per heavy atom. The van der Waals surface area contributed by atoms with Gasteiger partial charge in [-0.1, -0.05) is 49.9 Å². The van der Waals surface area contributed by atoms with E-state index >= 15 is 0 Å². The van der Waals surface area contributed by atoms with Gasteiger partial charge in [-0.3, -0.25) is 0 Å². The third kappa shape index (κ3) is 2.07. The summed E-state index contributed by atoms with van der Waals surface area (Å²) in [5.74, 6) is 0. The molecular formula is C18H20N2. The third-order valence-corrected chi connectivity index (χ3v) is 3.95. The van der Waals surface area contributed by atoms with Gasteiger partial charge in [-0.2, -0.15) is 0 Å². The van der Waals surface area contributed by atoms with Crippen LogP contribution in [0.4, 0.5) is 5.69 Å². The van der Waals surface area contributed by atoms with Crippen LogP contribution in [0.5, 0.6) is 0 Å². The molecular weight excluding hydrogens is 244 g/mol. The fraction of sp³-hybridized carbons (Fsp3) is 0.222. The number of rotatable bonds is 2. The molecule has 0 radical (unpaired) electrons. The molecule has 2 nitrogen and oxygen atoms in total. The molecule has 0 saturated carbocycles. The van der Waals surface area contributed by atoms with Gasteiger partial charge < -0.3 is 10.6 Å². The van der Waals surface area contributed by atoms with Crippen molar-refractivity contribution < 1.29 is 0 Å². The summed E-state index contributed by atoms with van der Waals surface area (Å²) < 4.78 is 0. The Hall–Kier alpha value is -2.22. The van der Waals surface area contributed by atoms with Crippen molar-refractivity contribution >= 4 is 11.4 Å². The Kier molecular flexibility index (Phi) is 3.23. The van der Waals surface area contributed by atoms with Crippen LogP contribution in [0.1, 0.15) is 35.3 Å². The number of benzene rings is 2. The van der Waals surface area contributed by atoms with E-state index in [0.717, 1.165) is 12.1 Å². The molecule has 0 spiro atoms. The van der Waals surface area contributed by atoms with Gasteiger partial charge in [0.2, 0.25) is 0 Å². The molecule has 2 aromatic carbocycles. The van der Waals surface area contributed by atoms with Crippen molar-refractivity contribution in [2.45, 2.75) is 26.4 Å². The first-order chi connectivity index (χ1) is 9.70. The van der Waals surface area contributed by atoms with Crippen LogP contribution in [-0.4, -0.2) is 0 Å². The summed E-state index contributed by atoms with van der Waals surface area (Å²) in [6.45, 7) is 8.53. The zero-order valence-corrected chi connectivity index (χ0v) is 12.0. The first kappa shape index (κ1) is 12.8. The van der Waals surface area contributed by atoms with Crippen LogP contribution in [0, 0.1) is 6.92 Å². The average molecular weight is 264 g/mol. The average Bonchev–Trinajstić information content (AvgIpc) is 2.46. The molecule has 0 aromatic heterocycles. The second kappa shape index (κ2) is 5.04. The maximum atomic E-state index is 4.22. The van der Waals surface area contributed by atoms with Crippen molar-refractivity contribution in [3.05, 3.63) is 71.3 Å². The minimum absolute atomic E-state index is 0.0864. The molecule has 2 N–H and O–H groups in total. The minimum atomic E-state index is 0.0864. The molecule has 1 unspecified atom stereocenters. The van der Waals surface area contributed by atoms with Gasteiger partial charge in [-0.15, -0.1) is 0 Å². The van der Waals surface area contributed by atoms with E-state index < -0.39 is 0 Å². The number of hydrogen-bond donors (Lipinski definition) is 2. The van der Waals surface area contributed by atoms with E-state index in [-0.39, 0.29) is 6.17 Å². The molecule has 1 atom stereocenters. The summed E-state index contributed by atoms with van der Waals surface area (Å²) in [5, 5.41) is 7.09. The van der Waals surface area contributed by atoms with Gasteiger partial charge in [0, 0.05) is 16.9 Å². The van der Waals surface area contributed by atoms with Crippen molar-refractivity contribution in [1.29, 1.82) is 0 Å². The lowest BCUT2D eigenvalue weighted by molar-refractivity contribution is 0.697. The van der Waals surface area contributed by atoms with Crippen LogP contribution in [-0.2, 0) is 6.42 Å². The highest BCUT2D eigenvalue weighted by atomic mass is 15.2. The Balaban J connectivity index is 2.02. The second-order valence-electron chi connectivity index (χ2n) is 5.25. The van der Waals surface area contributed by atoms with Crippen LogP contribution < -0.4 is 10.6 Å². The largest absolute Gasteiger partial charge is 0.362 e. The van der Waals surface area contributed by atoms with Crippen molar-refractivity contribution in [1.82, 2.24) is 5.32 Å². The van der Waals surface area contributed by atoms with Crippen LogP contribution in [0.15, 0.2) is 49.0 Å². The fourth-order valence-electron chi connectivity index (χ4n) is 2.88. The smallest absolute Gasteiger partial charge is 0.123 e. The Bertz CT molecular complexity index is 658. The molecule has 1 aliphatic rings. The maximum Gasteiger partial charge on any atom is 0.123 e. The topological polar surface area (TPSA) is 24.1 Å². The molecule has 102 valence electrons. The number of hydrogen-bond acceptors (Lipinski definition) is 2. The fourth-order valence-corrected chi connectivity index (χ4v) is 2.88. The normalized spacial score (nSPS) is 17.1. The summed E-state index contributed by atoms with van der Waals surface area (Å²) in [6, 6.07) is 14.8. The number of aryl methyl sites for hydroxylation is 2. The quantitative estimate of drug-likeness (QED) is 0.847. The summed E-state index contributed by atoms with van der Waals surface area (Å²) in [5.41, 5.74) is 7.27. The monoisotopic (exact) mass is 264 g/mol. The predicted molar refractivity (Wildman–Crippen MR) is 85.5 cm³/mol. The maximum absolute atomic E-state index is 4.22. The van der Waals surface area contributed by atoms with Gasteiger partial charge in [0.25, 0.3) is 0 Å². The molecule has 2 heteroatoms. The van der Waals surface area contributed by atoms with Crippen LogP contribution >= 0.6 is 0 Å². The summed E-state index contributed by atoms with van der Waals surface area (Å²) in [6.07, 6.45) is 1.10. The molecule has 2 aromatic rings. The molecule has 1 aliphatic heterocycles. The number of anilines is 1. The highest BCUT2D eigenvalue weighted by molar-refractivity contribution is 5.79. The molecule has 1 heterocycles. The molecule has 0 saturated heterocycles. The molecule has 0 aliphatic carbocycles. The predicted octanol–water partition coefficient (Wildman–Crippen LogP) is 4.24. The van der Waals surface area contributed by atoms with Crippen molar-refractivity contribution in [3.63, 3.8) is 0 Å². The highest BCUT2D eigenvalue weighted by Gasteiger charge is 2.23. The lowest BCUT2D eigenvalue weighted by atomic mass is 9.96. The van der Waals surface area contributed by atoms with E-state index in [2.05, 4.69) is 73.5 Å². The van der Waals surface area contributed by atoms with E-state index in [0.29, 0.717) is 0 Å². The first-order valence-electron chi connectivity index (χ1n) is 7.10. The molecule has 20 heavy (non-hydrogen) atoms. The zero-order chi connectivity index (χ0) is 14.1. The van der Waals surface area contributed by atoms with E-state index in [4.69, 9.17) is 0 Å². The highest BCUT2D eigenvalue weighted by Crippen LogP contribution is 2.34. The van der Waals surface area contributed by atoms with Gasteiger partial charge in [0.05, 0.1) is 0 Å². The van der Waals surface area contributed by atoms with Crippen LogP contribution in [0.2, 0.25) is 0 Å². The second-order valence-corrected chi connectivity index (χ2v) is 5.25. The van der Waals surface area contributed by atoms with Gasteiger partial charge in [-0.25, -0.2) is 0 Å². The van der Waals surface area contributed by atoms with Crippen molar-refractivity contribution in [2.75, 3.05) is 5.32 Å². The van der Waals surface area contributed by atoms with E-state index in [9.17, 15) is 0 Å². The number of fused-ring (bicyclic) bond motifs is 1. The Morgan fingerprint density at radius 2 is 1.85 bits per heavy atom. The Labute approximate surface area is 120 Å². The molecule has 0 bridgehead atoms. The molecule has 0 amide bonds. The lowest BCUT2D eigenvalue weighted by Gasteiger charge is -2.33. The van der Waals surface area contributed by atoms with Crippen LogP contribution in [0.25, 0.3) is 5.70 Å². The lowest BCUT2D eigenvalue weighted by Crippen LogP contribution is -2.32. The zero-order valence-electron chi connectivity index (χ0n) is 12.0. The first-order valence-corrected chi connectivity index (χ1v) is 7.10. The van der Waals surface area contributed by atoms with Gasteiger partial charge in [-0.05, 0) is 36.1 Å².